The highest BCUT2D eigenvalue weighted by Gasteiger charge is 2.18. The van der Waals surface area contributed by atoms with Crippen molar-refractivity contribution >= 4 is 45.6 Å². The second-order valence-electron chi connectivity index (χ2n) is 5.07. The lowest BCUT2D eigenvalue weighted by Gasteiger charge is -2.05. The van der Waals surface area contributed by atoms with E-state index in [0.29, 0.717) is 21.2 Å². The summed E-state index contributed by atoms with van der Waals surface area (Å²) in [4.78, 5) is 36.6. The number of Topliss-reactive ketones (excluding diaryl/α,β-unsaturated/α-hetero) is 1. The minimum absolute atomic E-state index is 0.0268. The third-order valence-corrected chi connectivity index (χ3v) is 4.48. The number of methoxy groups -OCH3 is 1. The van der Waals surface area contributed by atoms with Gasteiger partial charge in [0.05, 0.1) is 12.7 Å². The predicted octanol–water partition coefficient (Wildman–Crippen LogP) is 4.10. The van der Waals surface area contributed by atoms with E-state index in [0.717, 1.165) is 4.88 Å². The second-order valence-corrected chi connectivity index (χ2v) is 6.76. The van der Waals surface area contributed by atoms with Gasteiger partial charge in [-0.2, -0.15) is 0 Å². The summed E-state index contributed by atoms with van der Waals surface area (Å²) >= 11 is 7.06. The number of hydrogen-bond acceptors (Lipinski definition) is 5. The van der Waals surface area contributed by atoms with E-state index in [4.69, 9.17) is 11.6 Å². The maximum atomic E-state index is 12.0. The van der Waals surface area contributed by atoms with Crippen LogP contribution in [0.3, 0.4) is 0 Å². The van der Waals surface area contributed by atoms with Crippen LogP contribution in [0.1, 0.15) is 38.4 Å². The summed E-state index contributed by atoms with van der Waals surface area (Å²) < 4.78 is 4.69. The molecule has 5 nitrogen and oxygen atoms in total. The van der Waals surface area contributed by atoms with Gasteiger partial charge in [0.15, 0.2) is 5.78 Å². The molecule has 1 heterocycles. The molecule has 0 bridgehead atoms. The van der Waals surface area contributed by atoms with Crippen molar-refractivity contribution in [2.75, 3.05) is 12.4 Å². The van der Waals surface area contributed by atoms with Crippen LogP contribution in [0.4, 0.5) is 5.00 Å². The quantitative estimate of drug-likeness (QED) is 0.618. The summed E-state index contributed by atoms with van der Waals surface area (Å²) in [6, 6.07) is 8.17. The number of carbonyl (C=O) groups excluding carboxylic acids is 3. The number of amides is 1. The second kappa shape index (κ2) is 8.08. The molecule has 24 heavy (non-hydrogen) atoms. The van der Waals surface area contributed by atoms with E-state index in [1.54, 1.807) is 30.3 Å². The number of carbonyl (C=O) groups is 3. The number of aryl methyl sites for hydroxylation is 1. The number of hydrogen-bond donors (Lipinski definition) is 1. The molecule has 0 spiro atoms. The van der Waals surface area contributed by atoms with Crippen molar-refractivity contribution in [3.8, 4) is 0 Å². The number of benzene rings is 1. The van der Waals surface area contributed by atoms with E-state index in [-0.39, 0.29) is 24.5 Å². The van der Waals surface area contributed by atoms with Gasteiger partial charge < -0.3 is 10.1 Å². The van der Waals surface area contributed by atoms with Crippen LogP contribution in [0.2, 0.25) is 5.02 Å². The number of ether oxygens (including phenoxy) is 1. The lowest BCUT2D eigenvalue weighted by atomic mass is 10.1. The molecule has 0 saturated heterocycles. The zero-order chi connectivity index (χ0) is 17.7. The lowest BCUT2D eigenvalue weighted by Crippen LogP contribution is -2.15. The van der Waals surface area contributed by atoms with Gasteiger partial charge in [0.2, 0.25) is 5.91 Å². The van der Waals surface area contributed by atoms with E-state index >= 15 is 0 Å². The maximum Gasteiger partial charge on any atom is 0.340 e. The molecule has 0 fully saturated rings. The Hall–Kier alpha value is -2.18. The van der Waals surface area contributed by atoms with Crippen LogP contribution < -0.4 is 5.32 Å². The Bertz CT molecular complexity index is 767. The predicted molar refractivity (Wildman–Crippen MR) is 94.0 cm³/mol. The first-order valence-corrected chi connectivity index (χ1v) is 8.37. The molecule has 1 aromatic heterocycles. The van der Waals surface area contributed by atoms with E-state index < -0.39 is 5.97 Å². The van der Waals surface area contributed by atoms with Crippen molar-refractivity contribution < 1.29 is 19.1 Å². The zero-order valence-electron chi connectivity index (χ0n) is 13.2. The van der Waals surface area contributed by atoms with E-state index in [1.807, 2.05) is 6.92 Å². The summed E-state index contributed by atoms with van der Waals surface area (Å²) in [5.74, 6) is -0.978. The van der Waals surface area contributed by atoms with Gasteiger partial charge >= 0.3 is 5.97 Å². The fourth-order valence-corrected chi connectivity index (χ4v) is 3.11. The zero-order valence-corrected chi connectivity index (χ0v) is 14.8. The molecule has 0 radical (unpaired) electrons. The Labute approximate surface area is 148 Å². The maximum absolute atomic E-state index is 12.0. The number of ketones is 1. The molecule has 1 N–H and O–H groups in total. The van der Waals surface area contributed by atoms with Crippen molar-refractivity contribution in [2.45, 2.75) is 19.8 Å². The van der Waals surface area contributed by atoms with Gasteiger partial charge in [-0.1, -0.05) is 11.6 Å². The number of halogens is 1. The van der Waals surface area contributed by atoms with Gasteiger partial charge in [-0.25, -0.2) is 4.79 Å². The highest BCUT2D eigenvalue weighted by molar-refractivity contribution is 7.16. The van der Waals surface area contributed by atoms with Crippen LogP contribution in [0.25, 0.3) is 0 Å². The summed E-state index contributed by atoms with van der Waals surface area (Å²) in [6.07, 6.45) is 0.102. The molecule has 1 aromatic carbocycles. The molecular formula is C17H16ClNO4S. The molecule has 2 rings (SSSR count). The molecule has 0 atom stereocenters. The first kappa shape index (κ1) is 18.2. The number of esters is 1. The first-order valence-electron chi connectivity index (χ1n) is 7.18. The van der Waals surface area contributed by atoms with Gasteiger partial charge in [0.1, 0.15) is 5.00 Å². The topological polar surface area (TPSA) is 72.5 Å². The Balaban J connectivity index is 1.95. The number of nitrogens with one attached hydrogen (secondary N) is 1. The van der Waals surface area contributed by atoms with Crippen LogP contribution in [0.5, 0.6) is 0 Å². The molecule has 1 amide bonds. The molecular weight excluding hydrogens is 350 g/mol. The lowest BCUT2D eigenvalue weighted by molar-refractivity contribution is -0.116. The summed E-state index contributed by atoms with van der Waals surface area (Å²) in [5.41, 5.74) is 0.826. The highest BCUT2D eigenvalue weighted by Crippen LogP contribution is 2.28. The largest absolute Gasteiger partial charge is 0.465 e. The third kappa shape index (κ3) is 4.66. The minimum Gasteiger partial charge on any atom is -0.465 e. The van der Waals surface area contributed by atoms with Crippen LogP contribution in [-0.4, -0.2) is 24.8 Å². The molecule has 2 aromatic rings. The van der Waals surface area contributed by atoms with Crippen molar-refractivity contribution in [1.29, 1.82) is 0 Å². The number of rotatable bonds is 6. The van der Waals surface area contributed by atoms with Crippen molar-refractivity contribution in [3.05, 3.63) is 51.4 Å². The number of anilines is 1. The standard InChI is InChI=1S/C17H16ClNO4S/c1-10-9-13(17(22)23-2)16(24-10)19-15(21)8-7-14(20)11-3-5-12(18)6-4-11/h3-6,9H,7-8H2,1-2H3,(H,19,21). The Kier molecular flexibility index (Phi) is 6.11. The van der Waals surface area contributed by atoms with Gasteiger partial charge in [-0.05, 0) is 37.3 Å². The van der Waals surface area contributed by atoms with E-state index in [9.17, 15) is 14.4 Å². The Morgan fingerprint density at radius 2 is 1.83 bits per heavy atom. The minimum atomic E-state index is -0.508. The fraction of sp³-hybridized carbons (Fsp3) is 0.235. The van der Waals surface area contributed by atoms with Crippen molar-refractivity contribution in [1.82, 2.24) is 0 Å². The SMILES string of the molecule is COC(=O)c1cc(C)sc1NC(=O)CCC(=O)c1ccc(Cl)cc1. The van der Waals surface area contributed by atoms with Crippen LogP contribution >= 0.6 is 22.9 Å². The number of thiophene rings is 1. The van der Waals surface area contributed by atoms with Crippen LogP contribution in [0.15, 0.2) is 30.3 Å². The van der Waals surface area contributed by atoms with Crippen LogP contribution in [-0.2, 0) is 9.53 Å². The van der Waals surface area contributed by atoms with Gasteiger partial charge in [-0.3, -0.25) is 9.59 Å². The Morgan fingerprint density at radius 1 is 1.17 bits per heavy atom. The van der Waals surface area contributed by atoms with Gasteiger partial charge in [0, 0.05) is 28.3 Å². The van der Waals surface area contributed by atoms with Crippen molar-refractivity contribution in [3.63, 3.8) is 0 Å². The highest BCUT2D eigenvalue weighted by atomic mass is 35.5. The molecule has 0 saturated carbocycles. The monoisotopic (exact) mass is 365 g/mol. The van der Waals surface area contributed by atoms with E-state index in [2.05, 4.69) is 10.1 Å². The smallest absolute Gasteiger partial charge is 0.340 e. The van der Waals surface area contributed by atoms with E-state index in [1.165, 1.54) is 18.4 Å². The van der Waals surface area contributed by atoms with Crippen molar-refractivity contribution in [2.24, 2.45) is 0 Å². The molecule has 7 heteroatoms. The molecule has 0 aliphatic carbocycles. The first-order chi connectivity index (χ1) is 11.4. The average molecular weight is 366 g/mol. The Morgan fingerprint density at radius 3 is 2.46 bits per heavy atom. The fourth-order valence-electron chi connectivity index (χ4n) is 2.06. The summed E-state index contributed by atoms with van der Waals surface area (Å²) in [7, 11) is 1.28. The average Bonchev–Trinajstić information content (AvgIpc) is 2.92. The van der Waals surface area contributed by atoms with Gasteiger partial charge in [0.25, 0.3) is 0 Å². The normalized spacial score (nSPS) is 10.3. The summed E-state index contributed by atoms with van der Waals surface area (Å²) in [6.45, 7) is 1.83. The molecule has 0 aliphatic rings. The van der Waals surface area contributed by atoms with Gasteiger partial charge in [-0.15, -0.1) is 11.3 Å². The third-order valence-electron chi connectivity index (χ3n) is 3.26. The molecule has 126 valence electrons. The summed E-state index contributed by atoms with van der Waals surface area (Å²) in [5, 5.41) is 3.65. The molecule has 0 unspecified atom stereocenters. The molecule has 0 aliphatic heterocycles. The van der Waals surface area contributed by atoms with Crippen LogP contribution in [0, 0.1) is 6.92 Å².